The molecule has 1 saturated heterocycles. The summed E-state index contributed by atoms with van der Waals surface area (Å²) in [6.07, 6.45) is 7.47. The maximum Gasteiger partial charge on any atom is 0.254 e. The predicted molar refractivity (Wildman–Crippen MR) is 83.3 cm³/mol. The van der Waals surface area contributed by atoms with E-state index in [4.69, 9.17) is 0 Å². The van der Waals surface area contributed by atoms with Crippen LogP contribution in [0.5, 0.6) is 0 Å². The normalized spacial score (nSPS) is 28.1. The minimum atomic E-state index is 0.262. The van der Waals surface area contributed by atoms with Crippen molar-refractivity contribution in [3.05, 3.63) is 34.9 Å². The first-order valence-corrected chi connectivity index (χ1v) is 8.46. The number of hydrogen-bond acceptors (Lipinski definition) is 2. The van der Waals surface area contributed by atoms with Crippen LogP contribution >= 0.6 is 0 Å². The van der Waals surface area contributed by atoms with E-state index >= 15 is 0 Å². The van der Waals surface area contributed by atoms with Gasteiger partial charge in [-0.2, -0.15) is 0 Å². The van der Waals surface area contributed by atoms with E-state index in [2.05, 4.69) is 22.3 Å². The van der Waals surface area contributed by atoms with Crippen LogP contribution in [0.4, 0.5) is 0 Å². The Morgan fingerprint density at radius 3 is 3.00 bits per heavy atom. The highest BCUT2D eigenvalue weighted by molar-refractivity contribution is 5.95. The maximum absolute atomic E-state index is 12.9. The van der Waals surface area contributed by atoms with Gasteiger partial charge in [0.2, 0.25) is 0 Å². The lowest BCUT2D eigenvalue weighted by Crippen LogP contribution is -2.39. The Morgan fingerprint density at radius 2 is 2.05 bits per heavy atom. The molecule has 2 unspecified atom stereocenters. The van der Waals surface area contributed by atoms with Gasteiger partial charge in [0.1, 0.15) is 0 Å². The first kappa shape index (κ1) is 13.3. The van der Waals surface area contributed by atoms with Gasteiger partial charge < -0.3 is 10.2 Å². The van der Waals surface area contributed by atoms with Crippen molar-refractivity contribution < 1.29 is 4.79 Å². The van der Waals surface area contributed by atoms with Crippen LogP contribution in [0.3, 0.4) is 0 Å². The Hall–Kier alpha value is -1.35. The van der Waals surface area contributed by atoms with Gasteiger partial charge in [0.05, 0.1) is 0 Å². The van der Waals surface area contributed by atoms with Crippen molar-refractivity contribution in [2.75, 3.05) is 13.1 Å². The molecule has 0 spiro atoms. The van der Waals surface area contributed by atoms with Gasteiger partial charge in [-0.25, -0.2) is 0 Å². The molecule has 0 bridgehead atoms. The summed E-state index contributed by atoms with van der Waals surface area (Å²) in [6, 6.07) is 6.85. The number of nitrogens with one attached hydrogen (secondary N) is 1. The van der Waals surface area contributed by atoms with E-state index in [0.29, 0.717) is 6.04 Å². The van der Waals surface area contributed by atoms with E-state index in [-0.39, 0.29) is 5.91 Å². The van der Waals surface area contributed by atoms with Gasteiger partial charge in [-0.3, -0.25) is 4.79 Å². The molecule has 1 aromatic carbocycles. The molecule has 1 aromatic rings. The molecule has 3 aliphatic rings. The van der Waals surface area contributed by atoms with E-state index in [1.807, 2.05) is 6.07 Å². The van der Waals surface area contributed by atoms with Gasteiger partial charge in [0.25, 0.3) is 5.91 Å². The molecular weight excluding hydrogens is 260 g/mol. The van der Waals surface area contributed by atoms with Crippen LogP contribution in [0, 0.1) is 5.92 Å². The lowest BCUT2D eigenvalue weighted by atomic mass is 9.85. The zero-order valence-corrected chi connectivity index (χ0v) is 12.6. The molecule has 112 valence electrons. The number of rotatable bonds is 1. The molecular formula is C18H24N2O. The van der Waals surface area contributed by atoms with Crippen LogP contribution in [0.1, 0.15) is 53.6 Å². The number of fused-ring (bicyclic) bond motifs is 2. The quantitative estimate of drug-likeness (QED) is 0.860. The average molecular weight is 284 g/mol. The lowest BCUT2D eigenvalue weighted by molar-refractivity contribution is 0.0690. The molecule has 2 fully saturated rings. The SMILES string of the molecule is O=C(c1ccc2c(c1)CNCC2)N1CCC2CCCCC21. The van der Waals surface area contributed by atoms with Crippen LogP contribution < -0.4 is 5.32 Å². The number of amides is 1. The van der Waals surface area contributed by atoms with E-state index in [1.54, 1.807) is 0 Å². The first-order valence-electron chi connectivity index (χ1n) is 8.46. The van der Waals surface area contributed by atoms with Gasteiger partial charge in [-0.1, -0.05) is 18.9 Å². The molecule has 2 heterocycles. The molecule has 3 nitrogen and oxygen atoms in total. The van der Waals surface area contributed by atoms with Gasteiger partial charge >= 0.3 is 0 Å². The molecule has 2 atom stereocenters. The number of carbonyl (C=O) groups is 1. The largest absolute Gasteiger partial charge is 0.335 e. The third kappa shape index (κ3) is 2.38. The number of likely N-dealkylation sites (tertiary alicyclic amines) is 1. The topological polar surface area (TPSA) is 32.3 Å². The number of hydrogen-bond donors (Lipinski definition) is 1. The standard InChI is InChI=1S/C18H24N2O/c21-18(20-10-8-14-3-1-2-4-17(14)20)15-6-5-13-7-9-19-12-16(13)11-15/h5-6,11,14,17,19H,1-4,7-10,12H2. The lowest BCUT2D eigenvalue weighted by Gasteiger charge is -2.32. The number of carbonyl (C=O) groups excluding carboxylic acids is 1. The molecule has 4 rings (SSSR count). The second kappa shape index (κ2) is 5.45. The molecule has 1 N–H and O–H groups in total. The van der Waals surface area contributed by atoms with Crippen LogP contribution in [-0.4, -0.2) is 29.9 Å². The Morgan fingerprint density at radius 1 is 1.14 bits per heavy atom. The smallest absolute Gasteiger partial charge is 0.254 e. The zero-order chi connectivity index (χ0) is 14.2. The highest BCUT2D eigenvalue weighted by atomic mass is 16.2. The van der Waals surface area contributed by atoms with Crippen molar-refractivity contribution in [1.29, 1.82) is 0 Å². The van der Waals surface area contributed by atoms with Crippen molar-refractivity contribution in [3.63, 3.8) is 0 Å². The summed E-state index contributed by atoms with van der Waals surface area (Å²) >= 11 is 0. The third-order valence-corrected chi connectivity index (χ3v) is 5.61. The van der Waals surface area contributed by atoms with Crippen molar-refractivity contribution >= 4 is 5.91 Å². The molecule has 1 saturated carbocycles. The fourth-order valence-corrected chi connectivity index (χ4v) is 4.44. The maximum atomic E-state index is 12.9. The third-order valence-electron chi connectivity index (χ3n) is 5.61. The minimum absolute atomic E-state index is 0.262. The summed E-state index contributed by atoms with van der Waals surface area (Å²) in [5.41, 5.74) is 3.61. The zero-order valence-electron chi connectivity index (χ0n) is 12.6. The first-order chi connectivity index (χ1) is 10.3. The molecule has 1 aliphatic carbocycles. The van der Waals surface area contributed by atoms with Crippen LogP contribution in [0.15, 0.2) is 18.2 Å². The molecule has 2 aliphatic heterocycles. The van der Waals surface area contributed by atoms with Crippen molar-refractivity contribution in [3.8, 4) is 0 Å². The molecule has 3 heteroatoms. The van der Waals surface area contributed by atoms with Crippen LogP contribution in [-0.2, 0) is 13.0 Å². The fourth-order valence-electron chi connectivity index (χ4n) is 4.44. The summed E-state index contributed by atoms with van der Waals surface area (Å²) < 4.78 is 0. The van der Waals surface area contributed by atoms with E-state index in [9.17, 15) is 4.79 Å². The molecule has 0 radical (unpaired) electrons. The number of nitrogens with zero attached hydrogens (tertiary/aromatic N) is 1. The minimum Gasteiger partial charge on any atom is -0.335 e. The van der Waals surface area contributed by atoms with Gasteiger partial charge in [0.15, 0.2) is 0 Å². The highest BCUT2D eigenvalue weighted by Crippen LogP contribution is 2.37. The van der Waals surface area contributed by atoms with E-state index in [0.717, 1.165) is 37.5 Å². The highest BCUT2D eigenvalue weighted by Gasteiger charge is 2.38. The van der Waals surface area contributed by atoms with Gasteiger partial charge in [-0.15, -0.1) is 0 Å². The average Bonchev–Trinajstić information content (AvgIpc) is 2.98. The fraction of sp³-hybridized carbons (Fsp3) is 0.611. The monoisotopic (exact) mass is 284 g/mol. The summed E-state index contributed by atoms with van der Waals surface area (Å²) in [6.45, 7) is 2.92. The van der Waals surface area contributed by atoms with E-state index < -0.39 is 0 Å². The Bertz CT molecular complexity index is 554. The summed E-state index contributed by atoms with van der Waals surface area (Å²) in [5, 5.41) is 3.40. The van der Waals surface area contributed by atoms with Crippen molar-refractivity contribution in [1.82, 2.24) is 10.2 Å². The predicted octanol–water partition coefficient (Wildman–Crippen LogP) is 2.74. The van der Waals surface area contributed by atoms with Crippen molar-refractivity contribution in [2.24, 2.45) is 5.92 Å². The summed E-state index contributed by atoms with van der Waals surface area (Å²) in [5.74, 6) is 1.03. The summed E-state index contributed by atoms with van der Waals surface area (Å²) in [4.78, 5) is 15.1. The molecule has 1 amide bonds. The number of benzene rings is 1. The van der Waals surface area contributed by atoms with Gasteiger partial charge in [-0.05, 0) is 61.4 Å². The van der Waals surface area contributed by atoms with Gasteiger partial charge in [0, 0.05) is 24.7 Å². The summed E-state index contributed by atoms with van der Waals surface area (Å²) in [7, 11) is 0. The molecule has 0 aromatic heterocycles. The molecule has 21 heavy (non-hydrogen) atoms. The van der Waals surface area contributed by atoms with Crippen LogP contribution in [0.2, 0.25) is 0 Å². The second-order valence-electron chi connectivity index (χ2n) is 6.81. The Kier molecular flexibility index (Phi) is 3.46. The Balaban J connectivity index is 1.57. The van der Waals surface area contributed by atoms with E-state index in [1.165, 1.54) is 43.2 Å². The second-order valence-corrected chi connectivity index (χ2v) is 6.81. The van der Waals surface area contributed by atoms with Crippen LogP contribution in [0.25, 0.3) is 0 Å². The Labute approximate surface area is 126 Å². The van der Waals surface area contributed by atoms with Crippen molar-refractivity contribution in [2.45, 2.75) is 51.1 Å².